The molecule has 0 saturated carbocycles. The quantitative estimate of drug-likeness (QED) is 0.799. The van der Waals surface area contributed by atoms with E-state index < -0.39 is 5.41 Å². The van der Waals surface area contributed by atoms with E-state index in [1.807, 2.05) is 56.5 Å². The lowest BCUT2D eigenvalue weighted by atomic mass is 9.95. The van der Waals surface area contributed by atoms with Gasteiger partial charge in [-0.2, -0.15) is 0 Å². The highest BCUT2D eigenvalue weighted by molar-refractivity contribution is 7.10. The van der Waals surface area contributed by atoms with E-state index in [0.29, 0.717) is 6.61 Å². The molecule has 0 aliphatic carbocycles. The molecule has 0 unspecified atom stereocenters. The molecule has 100 valence electrons. The molecule has 2 aromatic rings. The van der Waals surface area contributed by atoms with Gasteiger partial charge in [0.1, 0.15) is 10.4 Å². The Labute approximate surface area is 117 Å². The highest BCUT2D eigenvalue weighted by atomic mass is 32.1. The standard InChI is InChI=1S/C15H17NO2S/c1-4-18-14(17)15(2,3)13-16-12(10-19-13)11-8-6-5-7-9-11/h5-10H,4H2,1-3H3. The number of carbonyl (C=O) groups excluding carboxylic acids is 1. The number of carbonyl (C=O) groups is 1. The molecule has 0 aliphatic rings. The molecule has 1 heterocycles. The number of aromatic nitrogens is 1. The molecule has 0 N–H and O–H groups in total. The minimum atomic E-state index is -0.701. The number of ether oxygens (including phenoxy) is 1. The lowest BCUT2D eigenvalue weighted by molar-refractivity contribution is -0.148. The Balaban J connectivity index is 2.28. The first-order chi connectivity index (χ1) is 9.05. The van der Waals surface area contributed by atoms with Gasteiger partial charge in [-0.25, -0.2) is 4.98 Å². The number of thiazole rings is 1. The summed E-state index contributed by atoms with van der Waals surface area (Å²) >= 11 is 1.49. The molecule has 0 aliphatic heterocycles. The summed E-state index contributed by atoms with van der Waals surface area (Å²) in [7, 11) is 0. The average molecular weight is 275 g/mol. The largest absolute Gasteiger partial charge is 0.465 e. The van der Waals surface area contributed by atoms with Gasteiger partial charge in [0.2, 0.25) is 0 Å². The smallest absolute Gasteiger partial charge is 0.318 e. The van der Waals surface area contributed by atoms with Crippen molar-refractivity contribution in [3.05, 3.63) is 40.7 Å². The highest BCUT2D eigenvalue weighted by Crippen LogP contribution is 2.31. The zero-order valence-electron chi connectivity index (χ0n) is 11.3. The molecule has 0 radical (unpaired) electrons. The number of rotatable bonds is 4. The Kier molecular flexibility index (Phi) is 4.00. The second-order valence-corrected chi connectivity index (χ2v) is 5.61. The van der Waals surface area contributed by atoms with Crippen LogP contribution in [0.25, 0.3) is 11.3 Å². The van der Waals surface area contributed by atoms with Gasteiger partial charge in [-0.1, -0.05) is 30.3 Å². The van der Waals surface area contributed by atoms with Gasteiger partial charge < -0.3 is 4.74 Å². The lowest BCUT2D eigenvalue weighted by Gasteiger charge is -2.19. The predicted octanol–water partition coefficient (Wildman–Crippen LogP) is 3.65. The van der Waals surface area contributed by atoms with Gasteiger partial charge in [-0.15, -0.1) is 11.3 Å². The maximum Gasteiger partial charge on any atom is 0.318 e. The Bertz CT molecular complexity index is 561. The number of nitrogens with zero attached hydrogens (tertiary/aromatic N) is 1. The fourth-order valence-corrected chi connectivity index (χ4v) is 2.64. The third kappa shape index (κ3) is 2.84. The SMILES string of the molecule is CCOC(=O)C(C)(C)c1nc(-c2ccccc2)cs1. The van der Waals surface area contributed by atoms with Crippen LogP contribution in [-0.4, -0.2) is 17.6 Å². The van der Waals surface area contributed by atoms with Gasteiger partial charge in [0.25, 0.3) is 0 Å². The molecule has 19 heavy (non-hydrogen) atoms. The van der Waals surface area contributed by atoms with Crippen molar-refractivity contribution >= 4 is 17.3 Å². The van der Waals surface area contributed by atoms with Gasteiger partial charge >= 0.3 is 5.97 Å². The molecule has 0 atom stereocenters. The molecule has 1 aromatic carbocycles. The van der Waals surface area contributed by atoms with E-state index in [4.69, 9.17) is 4.74 Å². The van der Waals surface area contributed by atoms with Crippen molar-refractivity contribution in [3.63, 3.8) is 0 Å². The summed E-state index contributed by atoms with van der Waals surface area (Å²) in [5, 5.41) is 2.76. The van der Waals surface area contributed by atoms with Crippen molar-refractivity contribution in [2.75, 3.05) is 6.61 Å². The molecule has 4 heteroatoms. The van der Waals surface area contributed by atoms with Crippen LogP contribution in [0.1, 0.15) is 25.8 Å². The van der Waals surface area contributed by atoms with E-state index in [0.717, 1.165) is 16.3 Å². The van der Waals surface area contributed by atoms with E-state index in [1.165, 1.54) is 11.3 Å². The van der Waals surface area contributed by atoms with Crippen LogP contribution in [-0.2, 0) is 14.9 Å². The van der Waals surface area contributed by atoms with Crippen molar-refractivity contribution < 1.29 is 9.53 Å². The van der Waals surface area contributed by atoms with Gasteiger partial charge in [0.15, 0.2) is 0 Å². The summed E-state index contributed by atoms with van der Waals surface area (Å²) < 4.78 is 5.10. The molecule has 0 amide bonds. The van der Waals surface area contributed by atoms with E-state index in [1.54, 1.807) is 0 Å². The van der Waals surface area contributed by atoms with Crippen molar-refractivity contribution in [1.29, 1.82) is 0 Å². The zero-order chi connectivity index (χ0) is 13.9. The van der Waals surface area contributed by atoms with Gasteiger partial charge in [-0.3, -0.25) is 4.79 Å². The number of esters is 1. The maximum atomic E-state index is 12.0. The average Bonchev–Trinajstić information content (AvgIpc) is 2.90. The van der Waals surface area contributed by atoms with Crippen molar-refractivity contribution in [1.82, 2.24) is 4.98 Å². The molecule has 1 aromatic heterocycles. The van der Waals surface area contributed by atoms with Gasteiger partial charge in [-0.05, 0) is 20.8 Å². The Morgan fingerprint density at radius 1 is 1.32 bits per heavy atom. The summed E-state index contributed by atoms with van der Waals surface area (Å²) in [6, 6.07) is 9.95. The molecular formula is C15H17NO2S. The predicted molar refractivity (Wildman–Crippen MR) is 77.2 cm³/mol. The first-order valence-corrected chi connectivity index (χ1v) is 7.12. The van der Waals surface area contributed by atoms with Crippen molar-refractivity contribution in [2.45, 2.75) is 26.2 Å². The molecule has 0 bridgehead atoms. The van der Waals surface area contributed by atoms with Gasteiger partial charge in [0, 0.05) is 10.9 Å². The molecule has 2 rings (SSSR count). The van der Waals surface area contributed by atoms with Crippen LogP contribution < -0.4 is 0 Å². The fraction of sp³-hybridized carbons (Fsp3) is 0.333. The topological polar surface area (TPSA) is 39.2 Å². The fourth-order valence-electron chi connectivity index (χ4n) is 1.70. The van der Waals surface area contributed by atoms with E-state index in [-0.39, 0.29) is 5.97 Å². The number of hydrogen-bond donors (Lipinski definition) is 0. The van der Waals surface area contributed by atoms with Crippen LogP contribution in [0, 0.1) is 0 Å². The second-order valence-electron chi connectivity index (χ2n) is 4.75. The third-order valence-corrected chi connectivity index (χ3v) is 4.06. The summed E-state index contributed by atoms with van der Waals surface area (Å²) in [4.78, 5) is 16.5. The number of benzene rings is 1. The summed E-state index contributed by atoms with van der Waals surface area (Å²) in [6.07, 6.45) is 0. The highest BCUT2D eigenvalue weighted by Gasteiger charge is 2.34. The molecule has 0 spiro atoms. The number of hydrogen-bond acceptors (Lipinski definition) is 4. The maximum absolute atomic E-state index is 12.0. The minimum Gasteiger partial charge on any atom is -0.465 e. The normalized spacial score (nSPS) is 11.3. The van der Waals surface area contributed by atoms with E-state index in [9.17, 15) is 4.79 Å². The van der Waals surface area contributed by atoms with Crippen LogP contribution >= 0.6 is 11.3 Å². The monoisotopic (exact) mass is 275 g/mol. The van der Waals surface area contributed by atoms with Crippen LogP contribution in [0.2, 0.25) is 0 Å². The van der Waals surface area contributed by atoms with Crippen LogP contribution in [0.4, 0.5) is 0 Å². The van der Waals surface area contributed by atoms with E-state index >= 15 is 0 Å². The minimum absolute atomic E-state index is 0.232. The third-order valence-electron chi connectivity index (χ3n) is 2.89. The molecule has 3 nitrogen and oxygen atoms in total. The van der Waals surface area contributed by atoms with Crippen molar-refractivity contribution in [2.24, 2.45) is 0 Å². The first kappa shape index (κ1) is 13.7. The first-order valence-electron chi connectivity index (χ1n) is 6.24. The second kappa shape index (κ2) is 5.53. The Morgan fingerprint density at radius 2 is 2.00 bits per heavy atom. The molecule has 0 saturated heterocycles. The van der Waals surface area contributed by atoms with Crippen LogP contribution in [0.3, 0.4) is 0 Å². The zero-order valence-corrected chi connectivity index (χ0v) is 12.2. The van der Waals surface area contributed by atoms with E-state index in [2.05, 4.69) is 4.98 Å². The summed E-state index contributed by atoms with van der Waals surface area (Å²) in [5.74, 6) is -0.232. The summed E-state index contributed by atoms with van der Waals surface area (Å²) in [5.41, 5.74) is 1.26. The Morgan fingerprint density at radius 3 is 2.63 bits per heavy atom. The van der Waals surface area contributed by atoms with Crippen LogP contribution in [0.5, 0.6) is 0 Å². The molecular weight excluding hydrogens is 258 g/mol. The van der Waals surface area contributed by atoms with Crippen molar-refractivity contribution in [3.8, 4) is 11.3 Å². The molecule has 0 fully saturated rings. The van der Waals surface area contributed by atoms with Gasteiger partial charge in [0.05, 0.1) is 12.3 Å². The lowest BCUT2D eigenvalue weighted by Crippen LogP contribution is -2.30. The summed E-state index contributed by atoms with van der Waals surface area (Å²) in [6.45, 7) is 5.89. The Hall–Kier alpha value is -1.68. The van der Waals surface area contributed by atoms with Crippen LogP contribution in [0.15, 0.2) is 35.7 Å².